The lowest BCUT2D eigenvalue weighted by Gasteiger charge is -2.18. The van der Waals surface area contributed by atoms with Crippen molar-refractivity contribution >= 4 is 28.8 Å². The number of allylic oxidation sites excluding steroid dienone is 1. The maximum Gasteiger partial charge on any atom is 0.176 e. The van der Waals surface area contributed by atoms with Gasteiger partial charge >= 0.3 is 0 Å². The van der Waals surface area contributed by atoms with Gasteiger partial charge in [0.25, 0.3) is 0 Å². The molecule has 0 spiro atoms. The number of hydrogen-bond donors (Lipinski definition) is 1. The minimum absolute atomic E-state index is 0.389. The third kappa shape index (κ3) is 4.09. The maximum atomic E-state index is 6.59. The number of hydrazine groups is 1. The first-order valence-corrected chi connectivity index (χ1v) is 10.6. The average Bonchev–Trinajstić information content (AvgIpc) is 2.97. The van der Waals surface area contributed by atoms with Gasteiger partial charge in [-0.15, -0.1) is 6.58 Å². The van der Waals surface area contributed by atoms with E-state index in [9.17, 15) is 0 Å². The van der Waals surface area contributed by atoms with Gasteiger partial charge in [0.1, 0.15) is 12.3 Å². The van der Waals surface area contributed by atoms with Crippen LogP contribution in [0.5, 0.6) is 11.5 Å². The van der Waals surface area contributed by atoms with E-state index in [1.165, 1.54) is 0 Å². The second-order valence-corrected chi connectivity index (χ2v) is 7.63. The Kier molecular flexibility index (Phi) is 6.48. The molecule has 0 amide bonds. The van der Waals surface area contributed by atoms with E-state index in [0.29, 0.717) is 53.5 Å². The largest absolute Gasteiger partial charge is 0.493 e. The van der Waals surface area contributed by atoms with Crippen LogP contribution in [-0.2, 0) is 4.74 Å². The predicted octanol–water partition coefficient (Wildman–Crippen LogP) is 4.49. The average molecular weight is 453 g/mol. The highest BCUT2D eigenvalue weighted by Crippen LogP contribution is 2.40. The number of benzene rings is 2. The van der Waals surface area contributed by atoms with Crippen LogP contribution in [0.3, 0.4) is 0 Å². The van der Waals surface area contributed by atoms with Crippen LogP contribution >= 0.6 is 11.6 Å². The van der Waals surface area contributed by atoms with E-state index in [2.05, 4.69) is 12.0 Å². The molecule has 0 aromatic heterocycles. The summed E-state index contributed by atoms with van der Waals surface area (Å²) < 4.78 is 16.6. The van der Waals surface area contributed by atoms with Crippen molar-refractivity contribution in [1.29, 1.82) is 0 Å². The number of aliphatic imine (C=N–C) groups is 2. The predicted molar refractivity (Wildman–Crippen MR) is 127 cm³/mol. The summed E-state index contributed by atoms with van der Waals surface area (Å²) in [6.45, 7) is 7.24. The van der Waals surface area contributed by atoms with E-state index in [4.69, 9.17) is 35.8 Å². The topological polar surface area (TPSA) is 67.7 Å². The fourth-order valence-corrected chi connectivity index (χ4v) is 3.82. The van der Waals surface area contributed by atoms with Crippen LogP contribution in [0.2, 0.25) is 5.02 Å². The third-order valence-electron chi connectivity index (χ3n) is 5.10. The maximum absolute atomic E-state index is 6.59. The van der Waals surface area contributed by atoms with Crippen molar-refractivity contribution in [1.82, 2.24) is 10.4 Å². The first-order valence-electron chi connectivity index (χ1n) is 10.2. The van der Waals surface area contributed by atoms with Gasteiger partial charge in [0.15, 0.2) is 17.3 Å². The molecule has 4 rings (SSSR count). The standard InChI is InChI=1S/C24H25ClN4O3/c1-5-10-29-24-22(15(2)28-29)27-23(16-8-6-7-9-18(16)25)17-13-21(32-12-11-30-3)20(31-4)14-19(17)26-24/h5-9,13-14,28H,1,10-12H2,2-4H3. The highest BCUT2D eigenvalue weighted by Gasteiger charge is 2.30. The van der Waals surface area contributed by atoms with Crippen molar-refractivity contribution in [3.8, 4) is 11.5 Å². The Morgan fingerprint density at radius 1 is 1.09 bits per heavy atom. The number of hydrogen-bond acceptors (Lipinski definition) is 7. The minimum atomic E-state index is 0.389. The van der Waals surface area contributed by atoms with Crippen LogP contribution in [0.15, 0.2) is 70.4 Å². The van der Waals surface area contributed by atoms with Crippen LogP contribution in [0, 0.1) is 0 Å². The third-order valence-corrected chi connectivity index (χ3v) is 5.43. The second-order valence-electron chi connectivity index (χ2n) is 7.22. The van der Waals surface area contributed by atoms with Gasteiger partial charge in [0.05, 0.1) is 37.4 Å². The smallest absolute Gasteiger partial charge is 0.176 e. The molecule has 32 heavy (non-hydrogen) atoms. The molecule has 166 valence electrons. The van der Waals surface area contributed by atoms with E-state index >= 15 is 0 Å². The molecule has 0 unspecified atom stereocenters. The van der Waals surface area contributed by atoms with Crippen molar-refractivity contribution in [2.24, 2.45) is 9.98 Å². The summed E-state index contributed by atoms with van der Waals surface area (Å²) in [6.07, 6.45) is 1.81. The van der Waals surface area contributed by atoms with Crippen LogP contribution in [0.4, 0.5) is 5.69 Å². The summed E-state index contributed by atoms with van der Waals surface area (Å²) >= 11 is 6.59. The number of ether oxygens (including phenoxy) is 3. The van der Waals surface area contributed by atoms with Crippen molar-refractivity contribution < 1.29 is 14.2 Å². The molecule has 0 saturated carbocycles. The summed E-state index contributed by atoms with van der Waals surface area (Å²) in [4.78, 5) is 10.00. The van der Waals surface area contributed by atoms with Gasteiger partial charge in [-0.25, -0.2) is 9.98 Å². The zero-order chi connectivity index (χ0) is 22.7. The number of nitrogens with zero attached hydrogens (tertiary/aromatic N) is 3. The van der Waals surface area contributed by atoms with E-state index < -0.39 is 0 Å². The summed E-state index contributed by atoms with van der Waals surface area (Å²) in [5, 5.41) is 2.51. The number of methoxy groups -OCH3 is 2. The number of amidine groups is 1. The first-order chi connectivity index (χ1) is 15.6. The van der Waals surface area contributed by atoms with E-state index in [1.54, 1.807) is 14.2 Å². The Labute approximate surface area is 192 Å². The van der Waals surface area contributed by atoms with Gasteiger partial charge in [0.2, 0.25) is 0 Å². The fourth-order valence-electron chi connectivity index (χ4n) is 3.60. The minimum Gasteiger partial charge on any atom is -0.493 e. The highest BCUT2D eigenvalue weighted by molar-refractivity contribution is 6.36. The van der Waals surface area contributed by atoms with Gasteiger partial charge in [-0.05, 0) is 19.1 Å². The number of nitrogens with one attached hydrogen (secondary N) is 1. The molecular formula is C24H25ClN4O3. The molecule has 0 atom stereocenters. The normalized spacial score (nSPS) is 14.7. The summed E-state index contributed by atoms with van der Waals surface area (Å²) in [5.41, 5.74) is 7.98. The second kappa shape index (κ2) is 9.46. The SMILES string of the molecule is C=CCN1NC(C)=C2N=C(c3ccccc3Cl)c3cc(OCCOC)c(OC)cc3N=C21. The molecule has 7 nitrogen and oxygen atoms in total. The Bertz CT molecular complexity index is 1140. The van der Waals surface area contributed by atoms with Crippen molar-refractivity contribution in [3.63, 3.8) is 0 Å². The molecule has 8 heteroatoms. The molecule has 2 aromatic rings. The van der Waals surface area contributed by atoms with Gasteiger partial charge in [-0.2, -0.15) is 0 Å². The number of rotatable bonds is 8. The summed E-state index contributed by atoms with van der Waals surface area (Å²) in [7, 11) is 3.24. The zero-order valence-electron chi connectivity index (χ0n) is 18.3. The Hall–Kier alpha value is -3.29. The molecule has 2 aliphatic heterocycles. The zero-order valence-corrected chi connectivity index (χ0v) is 19.1. The monoisotopic (exact) mass is 452 g/mol. The number of fused-ring (bicyclic) bond motifs is 2. The molecule has 2 heterocycles. The number of halogens is 1. The molecule has 2 aliphatic rings. The van der Waals surface area contributed by atoms with Crippen molar-refractivity contribution in [2.45, 2.75) is 6.92 Å². The summed E-state index contributed by atoms with van der Waals surface area (Å²) in [5.74, 6) is 1.87. The molecule has 0 aliphatic carbocycles. The van der Waals surface area contributed by atoms with Crippen LogP contribution in [0.1, 0.15) is 18.1 Å². The highest BCUT2D eigenvalue weighted by atomic mass is 35.5. The molecule has 0 radical (unpaired) electrons. The quantitative estimate of drug-likeness (QED) is 0.472. The van der Waals surface area contributed by atoms with Crippen molar-refractivity contribution in [2.75, 3.05) is 34.0 Å². The summed E-state index contributed by atoms with van der Waals surface area (Å²) in [6, 6.07) is 11.4. The van der Waals surface area contributed by atoms with Gasteiger partial charge in [-0.1, -0.05) is 35.9 Å². The van der Waals surface area contributed by atoms with E-state index in [1.807, 2.05) is 54.4 Å². The van der Waals surface area contributed by atoms with Crippen LogP contribution in [-0.4, -0.2) is 50.5 Å². The van der Waals surface area contributed by atoms with Gasteiger partial charge in [0, 0.05) is 29.3 Å². The molecule has 0 fully saturated rings. The van der Waals surface area contributed by atoms with Gasteiger partial charge < -0.3 is 14.2 Å². The Morgan fingerprint density at radius 2 is 1.91 bits per heavy atom. The van der Waals surface area contributed by atoms with E-state index in [0.717, 1.165) is 22.5 Å². The van der Waals surface area contributed by atoms with Crippen molar-refractivity contribution in [3.05, 3.63) is 76.6 Å². The lowest BCUT2D eigenvalue weighted by Crippen LogP contribution is -2.35. The van der Waals surface area contributed by atoms with Gasteiger partial charge in [-0.3, -0.25) is 10.4 Å². The molecule has 0 saturated heterocycles. The van der Waals surface area contributed by atoms with Crippen LogP contribution < -0.4 is 14.9 Å². The molecule has 2 aromatic carbocycles. The van der Waals surface area contributed by atoms with E-state index in [-0.39, 0.29) is 0 Å². The molecular weight excluding hydrogens is 428 g/mol. The lowest BCUT2D eigenvalue weighted by atomic mass is 9.99. The van der Waals surface area contributed by atoms with Crippen LogP contribution in [0.25, 0.3) is 0 Å². The Balaban J connectivity index is 1.94. The molecule has 0 bridgehead atoms. The fraction of sp³-hybridized carbons (Fsp3) is 0.250. The molecule has 1 N–H and O–H groups in total. The first kappa shape index (κ1) is 21.9. The lowest BCUT2D eigenvalue weighted by molar-refractivity contribution is 0.144. The Morgan fingerprint density at radius 3 is 2.62 bits per heavy atom.